The topological polar surface area (TPSA) is 89.8 Å². The van der Waals surface area contributed by atoms with Gasteiger partial charge in [-0.15, -0.1) is 0 Å². The van der Waals surface area contributed by atoms with Crippen molar-refractivity contribution < 1.29 is 20.1 Å². The van der Waals surface area contributed by atoms with Crippen LogP contribution in [0, 0.1) is 5.41 Å². The molecule has 0 aromatic rings. The largest absolute Gasteiger partial charge is 0.481 e. The number of aliphatic hydroxyl groups is 2. The minimum absolute atomic E-state index is 0.0440. The van der Waals surface area contributed by atoms with Gasteiger partial charge in [0.25, 0.3) is 0 Å². The standard InChI is InChI=1S/C10H21NO4/c1-10(2,3-4-12)7-11-6-8(13)5-9(14)15/h8,11-13H,3-7H2,1-2H3,(H,14,15). The van der Waals surface area contributed by atoms with E-state index in [1.807, 2.05) is 13.8 Å². The molecule has 0 spiro atoms. The summed E-state index contributed by atoms with van der Waals surface area (Å²) in [5.41, 5.74) is -0.0440. The minimum atomic E-state index is -1.00. The maximum absolute atomic E-state index is 10.3. The van der Waals surface area contributed by atoms with Crippen LogP contribution < -0.4 is 5.32 Å². The van der Waals surface area contributed by atoms with Crippen LogP contribution >= 0.6 is 0 Å². The molecule has 0 fully saturated rings. The zero-order valence-electron chi connectivity index (χ0n) is 9.36. The first-order valence-corrected chi connectivity index (χ1v) is 5.09. The molecule has 0 aromatic carbocycles. The highest BCUT2D eigenvalue weighted by molar-refractivity contribution is 5.67. The molecular weight excluding hydrogens is 198 g/mol. The van der Waals surface area contributed by atoms with Crippen molar-refractivity contribution in [1.29, 1.82) is 0 Å². The number of hydrogen-bond acceptors (Lipinski definition) is 4. The molecule has 0 amide bonds. The van der Waals surface area contributed by atoms with Crippen molar-refractivity contribution in [2.75, 3.05) is 19.7 Å². The number of aliphatic carboxylic acids is 1. The van der Waals surface area contributed by atoms with Gasteiger partial charge in [-0.3, -0.25) is 4.79 Å². The lowest BCUT2D eigenvalue weighted by atomic mass is 9.90. The van der Waals surface area contributed by atoms with Crippen LogP contribution in [0.3, 0.4) is 0 Å². The minimum Gasteiger partial charge on any atom is -0.481 e. The second-order valence-corrected chi connectivity index (χ2v) is 4.52. The Bertz CT molecular complexity index is 194. The van der Waals surface area contributed by atoms with Crippen LogP contribution in [0.15, 0.2) is 0 Å². The van der Waals surface area contributed by atoms with Gasteiger partial charge >= 0.3 is 5.97 Å². The fourth-order valence-corrected chi connectivity index (χ4v) is 1.24. The van der Waals surface area contributed by atoms with Crippen molar-refractivity contribution in [3.8, 4) is 0 Å². The Hall–Kier alpha value is -0.650. The van der Waals surface area contributed by atoms with Crippen LogP contribution in [0.4, 0.5) is 0 Å². The third kappa shape index (κ3) is 8.35. The summed E-state index contributed by atoms with van der Waals surface area (Å²) in [6.45, 7) is 5.04. The van der Waals surface area contributed by atoms with Gasteiger partial charge in [0, 0.05) is 19.7 Å². The monoisotopic (exact) mass is 219 g/mol. The molecule has 0 heterocycles. The zero-order chi connectivity index (χ0) is 11.9. The van der Waals surface area contributed by atoms with Crippen molar-refractivity contribution in [1.82, 2.24) is 5.32 Å². The van der Waals surface area contributed by atoms with Gasteiger partial charge in [0.05, 0.1) is 12.5 Å². The molecule has 0 aliphatic heterocycles. The Morgan fingerprint density at radius 3 is 2.53 bits per heavy atom. The van der Waals surface area contributed by atoms with E-state index in [1.54, 1.807) is 0 Å². The number of carboxylic acid groups (broad SMARTS) is 1. The molecule has 5 heteroatoms. The summed E-state index contributed by atoms with van der Waals surface area (Å²) >= 11 is 0. The first-order chi connectivity index (χ1) is 6.87. The van der Waals surface area contributed by atoms with E-state index >= 15 is 0 Å². The third-order valence-corrected chi connectivity index (χ3v) is 2.18. The molecule has 0 aliphatic rings. The van der Waals surface area contributed by atoms with Gasteiger partial charge in [-0.2, -0.15) is 0 Å². The Morgan fingerprint density at radius 2 is 2.07 bits per heavy atom. The van der Waals surface area contributed by atoms with Gasteiger partial charge in [0.1, 0.15) is 0 Å². The average molecular weight is 219 g/mol. The van der Waals surface area contributed by atoms with E-state index < -0.39 is 12.1 Å². The van der Waals surface area contributed by atoms with E-state index in [2.05, 4.69) is 5.32 Å². The molecule has 5 nitrogen and oxygen atoms in total. The molecule has 0 saturated carbocycles. The Balaban J connectivity index is 3.64. The molecule has 0 bridgehead atoms. The van der Waals surface area contributed by atoms with Crippen LogP contribution in [0.5, 0.6) is 0 Å². The van der Waals surface area contributed by atoms with Crippen molar-refractivity contribution in [3.05, 3.63) is 0 Å². The summed E-state index contributed by atoms with van der Waals surface area (Å²) in [6, 6.07) is 0. The molecular formula is C10H21NO4. The van der Waals surface area contributed by atoms with E-state index in [-0.39, 0.29) is 25.0 Å². The fraction of sp³-hybridized carbons (Fsp3) is 0.900. The van der Waals surface area contributed by atoms with Crippen molar-refractivity contribution in [2.24, 2.45) is 5.41 Å². The van der Waals surface area contributed by atoms with Crippen molar-refractivity contribution >= 4 is 5.97 Å². The molecule has 1 atom stereocenters. The van der Waals surface area contributed by atoms with E-state index in [0.717, 1.165) is 0 Å². The molecule has 0 saturated heterocycles. The summed E-state index contributed by atoms with van der Waals surface area (Å²) in [5, 5.41) is 29.4. The van der Waals surface area contributed by atoms with Crippen molar-refractivity contribution in [2.45, 2.75) is 32.8 Å². The number of carboxylic acids is 1. The fourth-order valence-electron chi connectivity index (χ4n) is 1.24. The van der Waals surface area contributed by atoms with Gasteiger partial charge in [-0.25, -0.2) is 0 Å². The molecule has 90 valence electrons. The van der Waals surface area contributed by atoms with Crippen LogP contribution in [-0.2, 0) is 4.79 Å². The van der Waals surface area contributed by atoms with E-state index in [0.29, 0.717) is 13.0 Å². The molecule has 1 unspecified atom stereocenters. The summed E-state index contributed by atoms with van der Waals surface area (Å²) in [7, 11) is 0. The first-order valence-electron chi connectivity index (χ1n) is 5.09. The van der Waals surface area contributed by atoms with Gasteiger partial charge in [0.15, 0.2) is 0 Å². The Kier molecular flexibility index (Phi) is 6.47. The molecule has 15 heavy (non-hydrogen) atoms. The number of rotatable bonds is 8. The van der Waals surface area contributed by atoms with Gasteiger partial charge in [0.2, 0.25) is 0 Å². The zero-order valence-corrected chi connectivity index (χ0v) is 9.36. The Labute approximate surface area is 90.1 Å². The van der Waals surface area contributed by atoms with Gasteiger partial charge < -0.3 is 20.6 Å². The van der Waals surface area contributed by atoms with Crippen molar-refractivity contribution in [3.63, 3.8) is 0 Å². The number of hydrogen-bond donors (Lipinski definition) is 4. The molecule has 0 radical (unpaired) electrons. The lowest BCUT2D eigenvalue weighted by Gasteiger charge is -2.24. The van der Waals surface area contributed by atoms with E-state index in [9.17, 15) is 9.90 Å². The van der Waals surface area contributed by atoms with Crippen LogP contribution in [0.2, 0.25) is 0 Å². The van der Waals surface area contributed by atoms with E-state index in [1.165, 1.54) is 0 Å². The van der Waals surface area contributed by atoms with Gasteiger partial charge in [-0.05, 0) is 11.8 Å². The maximum atomic E-state index is 10.3. The number of nitrogens with one attached hydrogen (secondary N) is 1. The highest BCUT2D eigenvalue weighted by Gasteiger charge is 2.17. The first kappa shape index (κ1) is 14.3. The highest BCUT2D eigenvalue weighted by Crippen LogP contribution is 2.17. The predicted molar refractivity (Wildman–Crippen MR) is 56.6 cm³/mol. The predicted octanol–water partition coefficient (Wildman–Crippen LogP) is -0.180. The molecule has 0 aromatic heterocycles. The number of aliphatic hydroxyl groups excluding tert-OH is 2. The summed E-state index contributed by atoms with van der Waals surface area (Å²) in [5.74, 6) is -1.00. The van der Waals surface area contributed by atoms with Crippen LogP contribution in [0.1, 0.15) is 26.7 Å². The normalized spacial score (nSPS) is 13.9. The third-order valence-electron chi connectivity index (χ3n) is 2.18. The lowest BCUT2D eigenvalue weighted by molar-refractivity contribution is -0.139. The quantitative estimate of drug-likeness (QED) is 0.455. The van der Waals surface area contributed by atoms with E-state index in [4.69, 9.17) is 10.2 Å². The summed E-state index contributed by atoms with van der Waals surface area (Å²) < 4.78 is 0. The Morgan fingerprint density at radius 1 is 1.47 bits per heavy atom. The smallest absolute Gasteiger partial charge is 0.306 e. The maximum Gasteiger partial charge on any atom is 0.306 e. The SMILES string of the molecule is CC(C)(CCO)CNCC(O)CC(=O)O. The highest BCUT2D eigenvalue weighted by atomic mass is 16.4. The second kappa shape index (κ2) is 6.76. The molecule has 0 rings (SSSR count). The summed E-state index contributed by atoms with van der Waals surface area (Å²) in [4.78, 5) is 10.3. The summed E-state index contributed by atoms with van der Waals surface area (Å²) in [6.07, 6.45) is -0.421. The van der Waals surface area contributed by atoms with Crippen LogP contribution in [0.25, 0.3) is 0 Å². The lowest BCUT2D eigenvalue weighted by Crippen LogP contribution is -2.36. The molecule has 4 N–H and O–H groups in total. The van der Waals surface area contributed by atoms with Gasteiger partial charge in [-0.1, -0.05) is 13.8 Å². The van der Waals surface area contributed by atoms with Crippen LogP contribution in [-0.4, -0.2) is 47.1 Å². The number of carbonyl (C=O) groups is 1. The second-order valence-electron chi connectivity index (χ2n) is 4.52. The molecule has 0 aliphatic carbocycles. The average Bonchev–Trinajstić information content (AvgIpc) is 2.01.